The van der Waals surface area contributed by atoms with Crippen molar-refractivity contribution in [2.24, 2.45) is 4.99 Å². The number of carbonyl (C=O) groups is 1. The Labute approximate surface area is 217 Å². The van der Waals surface area contributed by atoms with Crippen LogP contribution >= 0.6 is 0 Å². The second kappa shape index (κ2) is 14.0. The number of carbonyl (C=O) groups excluding carboxylic acids is 1. The number of ketones is 1. The average Bonchev–Trinajstić information content (AvgIpc) is 3.23. The van der Waals surface area contributed by atoms with Gasteiger partial charge in [-0.15, -0.1) is 0 Å². The zero-order valence-corrected chi connectivity index (χ0v) is 22.7. The van der Waals surface area contributed by atoms with Crippen molar-refractivity contribution >= 4 is 11.5 Å². The van der Waals surface area contributed by atoms with E-state index < -0.39 is 0 Å². The van der Waals surface area contributed by atoms with Gasteiger partial charge in [-0.2, -0.15) is 0 Å². The van der Waals surface area contributed by atoms with Gasteiger partial charge in [0.05, 0.1) is 5.71 Å². The van der Waals surface area contributed by atoms with Gasteiger partial charge in [0, 0.05) is 53.6 Å². The molecule has 0 saturated heterocycles. The minimum atomic E-state index is 0.0444. The molecule has 0 radical (unpaired) electrons. The molecular formula is C32H41N3O. The Hall–Kier alpha value is -3.66. The van der Waals surface area contributed by atoms with Crippen LogP contribution in [0.2, 0.25) is 0 Å². The van der Waals surface area contributed by atoms with Gasteiger partial charge in [0.2, 0.25) is 0 Å². The van der Waals surface area contributed by atoms with E-state index in [0.29, 0.717) is 13.0 Å². The van der Waals surface area contributed by atoms with Crippen molar-refractivity contribution < 1.29 is 4.79 Å². The Morgan fingerprint density at radius 2 is 1.67 bits per heavy atom. The van der Waals surface area contributed by atoms with E-state index in [-0.39, 0.29) is 11.7 Å². The Morgan fingerprint density at radius 3 is 2.36 bits per heavy atom. The first-order valence-electron chi connectivity index (χ1n) is 12.7. The summed E-state index contributed by atoms with van der Waals surface area (Å²) < 4.78 is 0. The minimum Gasteiger partial charge on any atom is -0.387 e. The maximum absolute atomic E-state index is 12.3. The van der Waals surface area contributed by atoms with Crippen LogP contribution in [0.25, 0.3) is 0 Å². The van der Waals surface area contributed by atoms with Crippen molar-refractivity contribution in [3.8, 4) is 0 Å². The first-order valence-corrected chi connectivity index (χ1v) is 12.7. The lowest BCUT2D eigenvalue weighted by Gasteiger charge is -2.17. The van der Waals surface area contributed by atoms with Crippen LogP contribution in [0.3, 0.4) is 0 Å². The Bertz CT molecular complexity index is 1180. The fourth-order valence-electron chi connectivity index (χ4n) is 4.08. The van der Waals surface area contributed by atoms with Gasteiger partial charge in [0.15, 0.2) is 5.78 Å². The zero-order chi connectivity index (χ0) is 26.7. The van der Waals surface area contributed by atoms with E-state index in [4.69, 9.17) is 4.99 Å². The number of fused-ring (bicyclic) bond motifs is 1. The molecule has 0 bridgehead atoms. The third-order valence-corrected chi connectivity index (χ3v) is 6.27. The smallest absolute Gasteiger partial charge is 0.164 e. The molecule has 2 N–H and O–H groups in total. The van der Waals surface area contributed by atoms with Gasteiger partial charge in [0.25, 0.3) is 0 Å². The highest BCUT2D eigenvalue weighted by atomic mass is 16.1. The maximum Gasteiger partial charge on any atom is 0.164 e. The molecule has 3 rings (SSSR count). The molecule has 0 aromatic heterocycles. The molecule has 0 spiro atoms. The Kier molecular flexibility index (Phi) is 11.1. The first-order chi connectivity index (χ1) is 17.3. The molecule has 4 nitrogen and oxygen atoms in total. The Morgan fingerprint density at radius 1 is 1.03 bits per heavy atom. The predicted molar refractivity (Wildman–Crippen MR) is 155 cm³/mol. The fourth-order valence-corrected chi connectivity index (χ4v) is 4.08. The van der Waals surface area contributed by atoms with Gasteiger partial charge >= 0.3 is 0 Å². The summed E-state index contributed by atoms with van der Waals surface area (Å²) in [5, 5.41) is 6.87. The molecule has 0 amide bonds. The molecule has 36 heavy (non-hydrogen) atoms. The third-order valence-electron chi connectivity index (χ3n) is 6.27. The van der Waals surface area contributed by atoms with Crippen LogP contribution in [0.1, 0.15) is 74.0 Å². The number of nitrogens with zero attached hydrogens (tertiary/aromatic N) is 1. The van der Waals surface area contributed by atoms with Crippen LogP contribution in [0.15, 0.2) is 101 Å². The first kappa shape index (κ1) is 28.6. The number of nitrogens with one attached hydrogen (secondary N) is 2. The molecule has 0 saturated carbocycles. The number of rotatable bonds is 10. The van der Waals surface area contributed by atoms with Crippen molar-refractivity contribution in [1.29, 1.82) is 0 Å². The lowest BCUT2D eigenvalue weighted by Crippen LogP contribution is -2.27. The molecule has 1 unspecified atom stereocenters. The van der Waals surface area contributed by atoms with E-state index >= 15 is 0 Å². The predicted octanol–water partition coefficient (Wildman–Crippen LogP) is 7.26. The molecule has 1 aliphatic carbocycles. The standard InChI is InChI=1S/C30H35N3O.C2H6/c1-7-20(2)23(5)33-29(25-13-9-8-12-21(25)3)18-22(4)31-16-17-32-24(6)28-19-30(34)27-15-11-10-14-26(27)28;1-2/h7-15,18,28,31-32H,1,6,16-17,19H2,2-5H3;1-2H3/b22-18+,23-20+,33-29+;. The highest BCUT2D eigenvalue weighted by Crippen LogP contribution is 2.36. The van der Waals surface area contributed by atoms with Crippen LogP contribution in [-0.4, -0.2) is 24.6 Å². The summed E-state index contributed by atoms with van der Waals surface area (Å²) in [7, 11) is 0. The van der Waals surface area contributed by atoms with Crippen LogP contribution in [0.5, 0.6) is 0 Å². The number of benzene rings is 2. The van der Waals surface area contributed by atoms with E-state index in [1.807, 2.05) is 77.1 Å². The number of aliphatic imine (C=N–C) groups is 1. The van der Waals surface area contributed by atoms with Gasteiger partial charge in [-0.3, -0.25) is 9.79 Å². The quantitative estimate of drug-likeness (QED) is 0.212. The third kappa shape index (κ3) is 7.42. The lowest BCUT2D eigenvalue weighted by molar-refractivity contribution is 0.0990. The number of hydrogen-bond acceptors (Lipinski definition) is 4. The van der Waals surface area contributed by atoms with Crippen LogP contribution in [-0.2, 0) is 0 Å². The largest absolute Gasteiger partial charge is 0.387 e. The van der Waals surface area contributed by atoms with Gasteiger partial charge in [-0.25, -0.2) is 0 Å². The molecule has 2 aromatic rings. The maximum atomic E-state index is 12.3. The minimum absolute atomic E-state index is 0.0444. The van der Waals surface area contributed by atoms with Crippen molar-refractivity contribution in [1.82, 2.24) is 10.6 Å². The summed E-state index contributed by atoms with van der Waals surface area (Å²) in [6.45, 7) is 21.7. The fraction of sp³-hybridized carbons (Fsp3) is 0.312. The number of hydrogen-bond donors (Lipinski definition) is 2. The van der Waals surface area contributed by atoms with E-state index in [0.717, 1.165) is 51.6 Å². The molecule has 0 aliphatic heterocycles. The van der Waals surface area contributed by atoms with Crippen LogP contribution in [0, 0.1) is 6.92 Å². The monoisotopic (exact) mass is 483 g/mol. The van der Waals surface area contributed by atoms with Crippen LogP contribution in [0.4, 0.5) is 0 Å². The molecule has 0 heterocycles. The molecule has 1 atom stereocenters. The lowest BCUT2D eigenvalue weighted by atomic mass is 9.98. The summed E-state index contributed by atoms with van der Waals surface area (Å²) >= 11 is 0. The molecule has 1 aliphatic rings. The van der Waals surface area contributed by atoms with Gasteiger partial charge < -0.3 is 10.6 Å². The van der Waals surface area contributed by atoms with E-state index in [2.05, 4.69) is 48.9 Å². The second-order valence-corrected chi connectivity index (χ2v) is 8.76. The summed E-state index contributed by atoms with van der Waals surface area (Å²) in [5.74, 6) is 0.238. The normalized spacial score (nSPS) is 15.8. The van der Waals surface area contributed by atoms with Crippen molar-refractivity contribution in [2.45, 2.75) is 53.9 Å². The van der Waals surface area contributed by atoms with Crippen molar-refractivity contribution in [3.05, 3.63) is 119 Å². The Balaban J connectivity index is 0.00000222. The summed E-state index contributed by atoms with van der Waals surface area (Å²) in [4.78, 5) is 17.2. The van der Waals surface area contributed by atoms with E-state index in [1.165, 1.54) is 5.56 Å². The van der Waals surface area contributed by atoms with Gasteiger partial charge in [-0.1, -0.05) is 81.6 Å². The van der Waals surface area contributed by atoms with E-state index in [1.54, 1.807) is 0 Å². The van der Waals surface area contributed by atoms with Crippen molar-refractivity contribution in [3.63, 3.8) is 0 Å². The number of allylic oxidation sites excluding steroid dienone is 6. The summed E-state index contributed by atoms with van der Waals surface area (Å²) in [5.41, 5.74) is 9.03. The summed E-state index contributed by atoms with van der Waals surface area (Å²) in [6.07, 6.45) is 4.41. The highest BCUT2D eigenvalue weighted by molar-refractivity contribution is 6.10. The number of Topliss-reactive ketones (excluding diaryl/α,β-unsaturated/α-hetero) is 1. The van der Waals surface area contributed by atoms with Crippen LogP contribution < -0.4 is 10.6 Å². The highest BCUT2D eigenvalue weighted by Gasteiger charge is 2.30. The average molecular weight is 484 g/mol. The molecule has 190 valence electrons. The topological polar surface area (TPSA) is 53.5 Å². The summed E-state index contributed by atoms with van der Waals surface area (Å²) in [6, 6.07) is 16.1. The SMILES string of the molecule is C=C/C(C)=C(C)/N=C(\C=C(/C)NCCNC(=C)C1CC(=O)c2ccccc21)c1ccccc1C.CC. The second-order valence-electron chi connectivity index (χ2n) is 8.76. The molecule has 2 aromatic carbocycles. The molecule has 4 heteroatoms. The van der Waals surface area contributed by atoms with Crippen molar-refractivity contribution in [2.75, 3.05) is 13.1 Å². The van der Waals surface area contributed by atoms with Gasteiger partial charge in [-0.05, 0) is 50.5 Å². The molecule has 0 fully saturated rings. The zero-order valence-electron chi connectivity index (χ0n) is 22.7. The van der Waals surface area contributed by atoms with Gasteiger partial charge in [0.1, 0.15) is 0 Å². The molecular weight excluding hydrogens is 442 g/mol. The number of aryl methyl sites for hydroxylation is 1. The van der Waals surface area contributed by atoms with E-state index in [9.17, 15) is 4.79 Å².